The molecule has 0 saturated heterocycles. The van der Waals surface area contributed by atoms with Gasteiger partial charge in [0.05, 0.1) is 7.11 Å². The van der Waals surface area contributed by atoms with Gasteiger partial charge in [0.25, 0.3) is 5.91 Å². The summed E-state index contributed by atoms with van der Waals surface area (Å²) in [4.78, 5) is 12.1. The molecular weight excluding hydrogens is 408 g/mol. The first-order valence-corrected chi connectivity index (χ1v) is 9.81. The number of nitrogens with one attached hydrogen (secondary N) is 2. The second kappa shape index (κ2) is 10.3. The summed E-state index contributed by atoms with van der Waals surface area (Å²) in [6.45, 7) is 6.92. The Kier molecular flexibility index (Phi) is 8.13. The highest BCUT2D eigenvalue weighted by molar-refractivity contribution is 9.10. The third kappa shape index (κ3) is 6.56. The summed E-state index contributed by atoms with van der Waals surface area (Å²) in [5.41, 5.74) is 2.96. The highest BCUT2D eigenvalue weighted by atomic mass is 79.9. The predicted molar refractivity (Wildman–Crippen MR) is 113 cm³/mol. The average Bonchev–Trinajstić information content (AvgIpc) is 2.67. The fourth-order valence-electron chi connectivity index (χ4n) is 2.39. The Balaban J connectivity index is 1.99. The van der Waals surface area contributed by atoms with Crippen molar-refractivity contribution in [2.75, 3.05) is 19.0 Å². The summed E-state index contributed by atoms with van der Waals surface area (Å²) in [5, 5.41) is 6.27. The zero-order chi connectivity index (χ0) is 19.8. The van der Waals surface area contributed by atoms with E-state index >= 15 is 0 Å². The van der Waals surface area contributed by atoms with Crippen molar-refractivity contribution in [3.8, 4) is 11.5 Å². The zero-order valence-corrected chi connectivity index (χ0v) is 17.9. The fourth-order valence-corrected chi connectivity index (χ4v) is 2.85. The third-order valence-electron chi connectivity index (χ3n) is 4.28. The van der Waals surface area contributed by atoms with Gasteiger partial charge in [-0.15, -0.1) is 0 Å². The maximum atomic E-state index is 12.1. The van der Waals surface area contributed by atoms with E-state index in [1.807, 2.05) is 43.3 Å². The highest BCUT2D eigenvalue weighted by Crippen LogP contribution is 2.33. The molecule has 0 aliphatic heterocycles. The maximum absolute atomic E-state index is 12.1. The van der Waals surface area contributed by atoms with Gasteiger partial charge in [-0.2, -0.15) is 0 Å². The quantitative estimate of drug-likeness (QED) is 0.601. The zero-order valence-electron chi connectivity index (χ0n) is 16.3. The lowest BCUT2D eigenvalue weighted by Crippen LogP contribution is -2.24. The number of halogens is 1. The second-order valence-corrected chi connectivity index (χ2v) is 7.34. The Labute approximate surface area is 169 Å². The molecule has 0 spiro atoms. The predicted octanol–water partition coefficient (Wildman–Crippen LogP) is 4.67. The van der Waals surface area contributed by atoms with Crippen LogP contribution in [-0.2, 0) is 11.3 Å². The van der Waals surface area contributed by atoms with Crippen LogP contribution in [0.5, 0.6) is 11.5 Å². The summed E-state index contributed by atoms with van der Waals surface area (Å²) >= 11 is 3.57. The first-order valence-electron chi connectivity index (χ1n) is 9.02. The van der Waals surface area contributed by atoms with Crippen LogP contribution in [0.25, 0.3) is 0 Å². The van der Waals surface area contributed by atoms with Crippen LogP contribution in [0.3, 0.4) is 0 Å². The minimum atomic E-state index is -0.223. The monoisotopic (exact) mass is 434 g/mol. The lowest BCUT2D eigenvalue weighted by atomic mass is 10.1. The van der Waals surface area contributed by atoms with Gasteiger partial charge < -0.3 is 20.1 Å². The molecule has 2 N–H and O–H groups in total. The SMILES string of the molecule is CCC(C)NCc1cc(OC)c(OCC(=O)Nc2ccc(C)cc2)cc1Br. The van der Waals surface area contributed by atoms with Gasteiger partial charge in [-0.25, -0.2) is 0 Å². The molecule has 1 unspecified atom stereocenters. The van der Waals surface area contributed by atoms with Crippen LogP contribution >= 0.6 is 15.9 Å². The average molecular weight is 435 g/mol. The lowest BCUT2D eigenvalue weighted by molar-refractivity contribution is -0.118. The number of methoxy groups -OCH3 is 1. The van der Waals surface area contributed by atoms with E-state index in [1.54, 1.807) is 7.11 Å². The fraction of sp³-hybridized carbons (Fsp3) is 0.381. The minimum Gasteiger partial charge on any atom is -0.493 e. The molecule has 0 saturated carbocycles. The molecule has 0 fully saturated rings. The van der Waals surface area contributed by atoms with Gasteiger partial charge in [-0.3, -0.25) is 4.79 Å². The van der Waals surface area contributed by atoms with Crippen molar-refractivity contribution in [1.82, 2.24) is 5.32 Å². The number of ether oxygens (including phenoxy) is 2. The first-order chi connectivity index (χ1) is 12.9. The van der Waals surface area contributed by atoms with Gasteiger partial charge in [0.2, 0.25) is 0 Å². The van der Waals surface area contributed by atoms with Crippen molar-refractivity contribution in [3.63, 3.8) is 0 Å². The molecule has 6 heteroatoms. The Morgan fingerprint density at radius 2 is 1.89 bits per heavy atom. The molecule has 146 valence electrons. The van der Waals surface area contributed by atoms with E-state index in [1.165, 1.54) is 0 Å². The minimum absolute atomic E-state index is 0.0961. The maximum Gasteiger partial charge on any atom is 0.262 e. The highest BCUT2D eigenvalue weighted by Gasteiger charge is 2.13. The Hall–Kier alpha value is -2.05. The molecule has 0 aromatic heterocycles. The normalized spacial score (nSPS) is 11.7. The first kappa shape index (κ1) is 21.3. The molecule has 0 bridgehead atoms. The summed E-state index contributed by atoms with van der Waals surface area (Å²) in [7, 11) is 1.59. The molecule has 0 heterocycles. The number of carbonyl (C=O) groups excluding carboxylic acids is 1. The lowest BCUT2D eigenvalue weighted by Gasteiger charge is -2.16. The molecule has 1 atom stereocenters. The molecule has 0 aliphatic rings. The smallest absolute Gasteiger partial charge is 0.262 e. The number of anilines is 1. The van der Waals surface area contributed by atoms with E-state index in [-0.39, 0.29) is 12.5 Å². The third-order valence-corrected chi connectivity index (χ3v) is 5.02. The van der Waals surface area contributed by atoms with Crippen molar-refractivity contribution in [1.29, 1.82) is 0 Å². The summed E-state index contributed by atoms with van der Waals surface area (Å²) < 4.78 is 12.0. The molecule has 2 aromatic carbocycles. The van der Waals surface area contributed by atoms with Crippen LogP contribution in [0, 0.1) is 6.92 Å². The molecule has 5 nitrogen and oxygen atoms in total. The number of amides is 1. The number of benzene rings is 2. The molecule has 2 rings (SSSR count). The van der Waals surface area contributed by atoms with Gasteiger partial charge in [0.1, 0.15) is 0 Å². The molecule has 27 heavy (non-hydrogen) atoms. The van der Waals surface area contributed by atoms with Crippen LogP contribution in [-0.4, -0.2) is 25.7 Å². The van der Waals surface area contributed by atoms with Gasteiger partial charge >= 0.3 is 0 Å². The van der Waals surface area contributed by atoms with E-state index in [0.717, 1.165) is 34.3 Å². The molecular formula is C21H27BrN2O3. The van der Waals surface area contributed by atoms with Crippen LogP contribution in [0.2, 0.25) is 0 Å². The summed E-state index contributed by atoms with van der Waals surface area (Å²) in [6, 6.07) is 11.8. The molecule has 1 amide bonds. The van der Waals surface area contributed by atoms with E-state index in [4.69, 9.17) is 9.47 Å². The van der Waals surface area contributed by atoms with Crippen LogP contribution in [0.4, 0.5) is 5.69 Å². The standard InChI is InChI=1S/C21H27BrN2O3/c1-5-15(3)23-12-16-10-19(26-4)20(11-18(16)22)27-13-21(25)24-17-8-6-14(2)7-9-17/h6-11,15,23H,5,12-13H2,1-4H3,(H,24,25). The van der Waals surface area contributed by atoms with Gasteiger partial charge in [0.15, 0.2) is 18.1 Å². The number of carbonyl (C=O) groups is 1. The Bertz CT molecular complexity index is 763. The van der Waals surface area contributed by atoms with E-state index in [2.05, 4.69) is 40.4 Å². The van der Waals surface area contributed by atoms with Gasteiger partial charge in [-0.05, 0) is 50.1 Å². The summed E-state index contributed by atoms with van der Waals surface area (Å²) in [6.07, 6.45) is 1.06. The van der Waals surface area contributed by atoms with Crippen molar-refractivity contribution >= 4 is 27.5 Å². The van der Waals surface area contributed by atoms with Crippen LogP contribution in [0.1, 0.15) is 31.4 Å². The molecule has 0 radical (unpaired) electrons. The summed E-state index contributed by atoms with van der Waals surface area (Å²) in [5.74, 6) is 0.901. The number of hydrogen-bond acceptors (Lipinski definition) is 4. The second-order valence-electron chi connectivity index (χ2n) is 6.49. The van der Waals surface area contributed by atoms with Crippen LogP contribution < -0.4 is 20.1 Å². The number of aryl methyl sites for hydroxylation is 1. The Morgan fingerprint density at radius 1 is 1.19 bits per heavy atom. The largest absolute Gasteiger partial charge is 0.493 e. The van der Waals surface area contributed by atoms with Crippen molar-refractivity contribution in [2.45, 2.75) is 39.8 Å². The molecule has 0 aliphatic carbocycles. The van der Waals surface area contributed by atoms with E-state index < -0.39 is 0 Å². The number of rotatable bonds is 9. The molecule has 2 aromatic rings. The van der Waals surface area contributed by atoms with Crippen molar-refractivity contribution in [3.05, 3.63) is 52.0 Å². The van der Waals surface area contributed by atoms with Gasteiger partial charge in [-0.1, -0.05) is 40.5 Å². The Morgan fingerprint density at radius 3 is 2.52 bits per heavy atom. The van der Waals surface area contributed by atoms with E-state index in [9.17, 15) is 4.79 Å². The van der Waals surface area contributed by atoms with Crippen molar-refractivity contribution < 1.29 is 14.3 Å². The number of hydrogen-bond donors (Lipinski definition) is 2. The van der Waals surface area contributed by atoms with Crippen LogP contribution in [0.15, 0.2) is 40.9 Å². The van der Waals surface area contributed by atoms with Crippen molar-refractivity contribution in [2.24, 2.45) is 0 Å². The topological polar surface area (TPSA) is 59.6 Å². The van der Waals surface area contributed by atoms with Gasteiger partial charge in [0, 0.05) is 22.7 Å². The van der Waals surface area contributed by atoms with E-state index in [0.29, 0.717) is 17.5 Å².